The molecule has 0 radical (unpaired) electrons. The zero-order valence-corrected chi connectivity index (χ0v) is 7.46. The van der Waals surface area contributed by atoms with Crippen molar-refractivity contribution in [3.05, 3.63) is 0 Å². The van der Waals surface area contributed by atoms with E-state index in [1.807, 2.05) is 6.92 Å². The Balaban J connectivity index is -0.0000000720. The summed E-state index contributed by atoms with van der Waals surface area (Å²) in [7, 11) is 0. The molecule has 0 saturated carbocycles. The molecule has 0 fully saturated rings. The van der Waals surface area contributed by atoms with E-state index in [0.717, 1.165) is 13.3 Å². The highest BCUT2D eigenvalue weighted by Crippen LogP contribution is 2.18. The third-order valence-electron chi connectivity index (χ3n) is 0.969. The van der Waals surface area contributed by atoms with Gasteiger partial charge in [0.2, 0.25) is 5.92 Å². The van der Waals surface area contributed by atoms with Crippen LogP contribution < -0.4 is 0 Å². The molecule has 0 nitrogen and oxygen atoms in total. The van der Waals surface area contributed by atoms with Crippen molar-refractivity contribution in [2.75, 3.05) is 6.67 Å². The highest BCUT2D eigenvalue weighted by molar-refractivity contribution is 4.55. The Bertz CT molecular complexity index is 67.1. The van der Waals surface area contributed by atoms with Crippen molar-refractivity contribution >= 4 is 0 Å². The Morgan fingerprint density at radius 2 is 1.38 bits per heavy atom. The van der Waals surface area contributed by atoms with Crippen molar-refractivity contribution in [2.45, 2.75) is 60.8 Å². The fourth-order valence-electron chi connectivity index (χ4n) is 0.487. The van der Waals surface area contributed by atoms with Gasteiger partial charge >= 0.3 is 0 Å². The fourth-order valence-corrected chi connectivity index (χ4v) is 0.487. The van der Waals surface area contributed by atoms with E-state index in [-0.39, 0.29) is 27.9 Å². The van der Waals surface area contributed by atoms with Gasteiger partial charge in [-0.15, -0.1) is 0 Å². The predicted octanol–water partition coefficient (Wildman–Crippen LogP) is 5.08. The van der Waals surface area contributed by atoms with Crippen LogP contribution in [0.3, 0.4) is 0 Å². The van der Waals surface area contributed by atoms with Crippen molar-refractivity contribution in [1.29, 1.82) is 0 Å². The lowest BCUT2D eigenvalue weighted by Crippen LogP contribution is -2.07. The minimum Gasteiger partial charge on any atom is -0.251 e. The van der Waals surface area contributed by atoms with Gasteiger partial charge in [-0.05, 0) is 20.3 Å². The van der Waals surface area contributed by atoms with Crippen LogP contribution in [0.5, 0.6) is 0 Å². The maximum absolute atomic E-state index is 11.9. The lowest BCUT2D eigenvalue weighted by Gasteiger charge is -2.06. The van der Waals surface area contributed by atoms with Crippen LogP contribution in [0.25, 0.3) is 0 Å². The fraction of sp³-hybridized carbons (Fsp3) is 1.00. The smallest absolute Gasteiger partial charge is 0.245 e. The number of alkyl halides is 3. The van der Waals surface area contributed by atoms with Crippen molar-refractivity contribution < 1.29 is 13.2 Å². The number of hydrogen-bond acceptors (Lipinski definition) is 0. The van der Waals surface area contributed by atoms with Crippen LogP contribution in [-0.2, 0) is 0 Å². The molecule has 0 N–H and O–H groups in total. The molecule has 0 rings (SSSR count). The molecule has 0 spiro atoms. The summed E-state index contributed by atoms with van der Waals surface area (Å²) in [6.45, 7) is 4.08. The van der Waals surface area contributed by atoms with Crippen molar-refractivity contribution in [2.24, 2.45) is 0 Å². The topological polar surface area (TPSA) is 0 Å². The number of hydrogen-bond donors (Lipinski definition) is 0. The molecule has 0 atom stereocenters. The Morgan fingerprint density at radius 1 is 1.08 bits per heavy atom. The lowest BCUT2D eigenvalue weighted by molar-refractivity contribution is 0.0108. The first-order valence-electron chi connectivity index (χ1n) is 3.91. The van der Waals surface area contributed by atoms with Crippen molar-refractivity contribution in [3.8, 4) is 0 Å². The minimum atomic E-state index is -2.45. The van der Waals surface area contributed by atoms with Crippen LogP contribution in [0.15, 0.2) is 0 Å². The Labute approximate surface area is 81.5 Å². The first-order chi connectivity index (χ1) is 4.97. The van der Waals surface area contributed by atoms with Gasteiger partial charge in [0.1, 0.15) is 0 Å². The maximum Gasteiger partial charge on any atom is 0.245 e. The van der Waals surface area contributed by atoms with Crippen molar-refractivity contribution in [3.63, 3.8) is 0 Å². The van der Waals surface area contributed by atoms with E-state index in [9.17, 15) is 13.2 Å². The van der Waals surface area contributed by atoms with Gasteiger partial charge < -0.3 is 0 Å². The van der Waals surface area contributed by atoms with Gasteiger partial charge in [0.15, 0.2) is 0 Å². The van der Waals surface area contributed by atoms with Gasteiger partial charge in [0.05, 0.1) is 6.67 Å². The lowest BCUT2D eigenvalue weighted by atomic mass is 10.2. The molecule has 0 aliphatic carbocycles. The van der Waals surface area contributed by atoms with E-state index >= 15 is 0 Å². The van der Waals surface area contributed by atoms with Crippen LogP contribution in [0.2, 0.25) is 0 Å². The highest BCUT2D eigenvalue weighted by Gasteiger charge is 2.18. The van der Waals surface area contributed by atoms with Crippen LogP contribution in [0.4, 0.5) is 13.2 Å². The largest absolute Gasteiger partial charge is 0.251 e. The summed E-state index contributed by atoms with van der Waals surface area (Å²) in [5.74, 6) is -2.45. The predicted molar refractivity (Wildman–Crippen MR) is 55.3 cm³/mol. The molecule has 0 amide bonds. The molecule has 0 aliphatic rings. The zero-order valence-electron chi connectivity index (χ0n) is 7.46. The molecule has 0 saturated heterocycles. The molecule has 0 heterocycles. The summed E-state index contributed by atoms with van der Waals surface area (Å²) in [4.78, 5) is 0. The molecule has 13 heavy (non-hydrogen) atoms. The van der Waals surface area contributed by atoms with E-state index in [1.54, 1.807) is 0 Å². The van der Waals surface area contributed by atoms with E-state index in [2.05, 4.69) is 0 Å². The second kappa shape index (κ2) is 14.3. The molecule has 86 valence electrons. The van der Waals surface area contributed by atoms with Gasteiger partial charge in [-0.2, -0.15) is 0 Å². The quantitative estimate of drug-likeness (QED) is 0.598. The summed E-state index contributed by atoms with van der Waals surface area (Å²) in [6.07, 6.45) is 1.51. The molecule has 0 aromatic rings. The molecule has 0 aliphatic heterocycles. The molecule has 0 aromatic carbocycles. The number of rotatable bonds is 3. The van der Waals surface area contributed by atoms with Crippen LogP contribution in [0.1, 0.15) is 54.9 Å². The Hall–Kier alpha value is -0.210. The van der Waals surface area contributed by atoms with Crippen molar-refractivity contribution in [1.82, 2.24) is 0 Å². The standard InChI is InChI=1S/C6H12F2.C2H5F.2CH4/c1-3-4-5-6(2,7)8;1-2-3;;/h3-5H2,1-2H3;2H2,1H3;2*1H4. The van der Waals surface area contributed by atoms with Crippen LogP contribution in [-0.4, -0.2) is 12.6 Å². The van der Waals surface area contributed by atoms with E-state index in [4.69, 9.17) is 0 Å². The summed E-state index contributed by atoms with van der Waals surface area (Å²) >= 11 is 0. The first kappa shape index (κ1) is 23.0. The zero-order chi connectivity index (χ0) is 9.33. The minimum absolute atomic E-state index is 0. The molecular formula is C10H25F3. The van der Waals surface area contributed by atoms with Gasteiger partial charge in [0, 0.05) is 6.42 Å². The monoisotopic (exact) mass is 202 g/mol. The van der Waals surface area contributed by atoms with Gasteiger partial charge in [-0.1, -0.05) is 28.2 Å². The summed E-state index contributed by atoms with van der Waals surface area (Å²) in [5.41, 5.74) is 0. The highest BCUT2D eigenvalue weighted by atomic mass is 19.3. The average Bonchev–Trinajstić information content (AvgIpc) is 1.84. The molecular weight excluding hydrogens is 177 g/mol. The third-order valence-corrected chi connectivity index (χ3v) is 0.969. The number of unbranched alkanes of at least 4 members (excludes halogenated alkanes) is 1. The summed E-state index contributed by atoms with van der Waals surface area (Å²) in [5, 5.41) is 0. The second-order valence-electron chi connectivity index (χ2n) is 2.44. The molecule has 0 aromatic heterocycles. The second-order valence-corrected chi connectivity index (χ2v) is 2.44. The Kier molecular flexibility index (Phi) is 25.3. The summed E-state index contributed by atoms with van der Waals surface area (Å²) in [6, 6.07) is 0. The van der Waals surface area contributed by atoms with E-state index < -0.39 is 5.92 Å². The SMILES string of the molecule is C.C.CCCCC(C)(F)F.CCF. The van der Waals surface area contributed by atoms with Gasteiger partial charge in [-0.25, -0.2) is 8.78 Å². The first-order valence-corrected chi connectivity index (χ1v) is 3.91. The molecule has 0 unspecified atom stereocenters. The van der Waals surface area contributed by atoms with Gasteiger partial charge in [0.25, 0.3) is 0 Å². The number of halogens is 3. The molecule has 3 heteroatoms. The maximum atomic E-state index is 11.9. The molecule has 0 bridgehead atoms. The average molecular weight is 202 g/mol. The normalized spacial score (nSPS) is 8.77. The third kappa shape index (κ3) is 49.3. The Morgan fingerprint density at radius 3 is 1.46 bits per heavy atom. The summed E-state index contributed by atoms with van der Waals surface area (Å²) < 4.78 is 34.1. The van der Waals surface area contributed by atoms with Crippen LogP contribution >= 0.6 is 0 Å². The van der Waals surface area contributed by atoms with Crippen LogP contribution in [0, 0.1) is 0 Å². The van der Waals surface area contributed by atoms with E-state index in [0.29, 0.717) is 6.42 Å². The van der Waals surface area contributed by atoms with Gasteiger partial charge in [-0.3, -0.25) is 4.39 Å². The van der Waals surface area contributed by atoms with E-state index in [1.165, 1.54) is 6.92 Å².